The van der Waals surface area contributed by atoms with Gasteiger partial charge in [0.05, 0.1) is 19.6 Å². The van der Waals surface area contributed by atoms with Gasteiger partial charge in [-0.15, -0.1) is 0 Å². The van der Waals surface area contributed by atoms with Crippen LogP contribution in [-0.4, -0.2) is 96.4 Å². The molecule has 1 aromatic carbocycles. The number of aromatic nitrogens is 4. The van der Waals surface area contributed by atoms with Gasteiger partial charge in [0.25, 0.3) is 0 Å². The monoisotopic (exact) mass is 695 g/mol. The van der Waals surface area contributed by atoms with Crippen LogP contribution in [0.25, 0.3) is 11.2 Å². The quantitative estimate of drug-likeness (QED) is 0.0734. The smallest absolute Gasteiger partial charge is 0.367 e. The molecule has 2 aliphatic heterocycles. The highest BCUT2D eigenvalue weighted by Crippen LogP contribution is 2.58. The molecule has 242 valence electrons. The summed E-state index contributed by atoms with van der Waals surface area (Å²) in [4.78, 5) is 41.6. The number of benzene rings is 1. The molecule has 0 saturated carbocycles. The van der Waals surface area contributed by atoms with Crippen LogP contribution >= 0.6 is 39.2 Å². The highest BCUT2D eigenvalue weighted by Gasteiger charge is 2.54. The van der Waals surface area contributed by atoms with Crippen molar-refractivity contribution in [2.75, 3.05) is 42.9 Å². The van der Waals surface area contributed by atoms with Crippen molar-refractivity contribution in [3.05, 3.63) is 42.2 Å². The first kappa shape index (κ1) is 33.7. The van der Waals surface area contributed by atoms with Crippen molar-refractivity contribution >= 4 is 56.2 Å². The molecule has 44 heavy (non-hydrogen) atoms. The molecule has 0 amide bonds. The minimum atomic E-state index is -5.32. The van der Waals surface area contributed by atoms with Crippen molar-refractivity contribution in [2.24, 2.45) is 0 Å². The summed E-state index contributed by atoms with van der Waals surface area (Å²) in [6.45, 7) is -0.453. The van der Waals surface area contributed by atoms with Crippen LogP contribution < -0.4 is 5.32 Å². The number of phosphoric acid groups is 2. The number of phosphoric ester groups is 1. The van der Waals surface area contributed by atoms with Gasteiger partial charge in [-0.3, -0.25) is 13.5 Å². The van der Waals surface area contributed by atoms with Crippen molar-refractivity contribution < 1.29 is 51.2 Å². The highest BCUT2D eigenvalue weighted by molar-refractivity contribution is 7.99. The van der Waals surface area contributed by atoms with Gasteiger partial charge in [0.1, 0.15) is 18.3 Å². The molecule has 0 aliphatic carbocycles. The van der Waals surface area contributed by atoms with E-state index in [-0.39, 0.29) is 0 Å². The van der Waals surface area contributed by atoms with Crippen molar-refractivity contribution in [3.63, 3.8) is 0 Å². The number of nitrogens with one attached hydrogen (secondary N) is 1. The van der Waals surface area contributed by atoms with E-state index in [0.717, 1.165) is 11.3 Å². The van der Waals surface area contributed by atoms with E-state index in [1.165, 1.54) is 18.1 Å². The zero-order chi connectivity index (χ0) is 31.3. The molecule has 5 rings (SSSR count). The molecule has 6 atom stereocenters. The van der Waals surface area contributed by atoms with Gasteiger partial charge in [-0.25, -0.2) is 24.1 Å². The molecule has 2 unspecified atom stereocenters. The first-order valence-electron chi connectivity index (χ1n) is 13.5. The zero-order valence-electron chi connectivity index (χ0n) is 23.4. The van der Waals surface area contributed by atoms with Gasteiger partial charge in [0.2, 0.25) is 0 Å². The predicted molar refractivity (Wildman–Crippen MR) is 160 cm³/mol. The van der Waals surface area contributed by atoms with E-state index in [4.69, 9.17) is 28.5 Å². The standard InChI is InChI=1S/C24H32FN5O10P2S2/c1-43-11-9-26-21-18-22(29-24(28-21)44-10-5-8-25)30(14-27-18)23-20-19(38-17(39-20)12-15-6-3-2-4-7-15)16(37-23)13-36-42(34,35)40-41(31,32)33/h2-4,6-7,14,16-17,19-20,23H,5,8-13H2,1H3,(H,34,35)(H,26,28,29)(H2,31,32,33)/t16-,17?,19-,20-,23-/m1/s1. The van der Waals surface area contributed by atoms with E-state index in [9.17, 15) is 18.4 Å². The first-order chi connectivity index (χ1) is 21.1. The zero-order valence-corrected chi connectivity index (χ0v) is 26.8. The van der Waals surface area contributed by atoms with Gasteiger partial charge in [-0.1, -0.05) is 42.1 Å². The van der Waals surface area contributed by atoms with Crippen molar-refractivity contribution in [2.45, 2.75) is 48.8 Å². The summed E-state index contributed by atoms with van der Waals surface area (Å²) < 4.78 is 65.2. The number of imidazole rings is 1. The molecule has 20 heteroatoms. The largest absolute Gasteiger partial charge is 0.481 e. The maximum absolute atomic E-state index is 12.8. The summed E-state index contributed by atoms with van der Waals surface area (Å²) in [5, 5.41) is 3.69. The van der Waals surface area contributed by atoms with Crippen LogP contribution in [0.1, 0.15) is 18.2 Å². The average molecular weight is 696 g/mol. The Hall–Kier alpha value is -1.66. The Kier molecular flexibility index (Phi) is 11.4. The summed E-state index contributed by atoms with van der Waals surface area (Å²) in [5.41, 5.74) is 1.83. The second-order valence-electron chi connectivity index (χ2n) is 9.71. The fourth-order valence-corrected chi connectivity index (χ4v) is 7.39. The Labute approximate surface area is 260 Å². The van der Waals surface area contributed by atoms with Gasteiger partial charge in [-0.2, -0.15) is 16.1 Å². The van der Waals surface area contributed by atoms with Crippen LogP contribution in [-0.2, 0) is 38.6 Å². The van der Waals surface area contributed by atoms with E-state index in [1.54, 1.807) is 16.3 Å². The molecule has 15 nitrogen and oxygen atoms in total. The number of nitrogens with zero attached hydrogens (tertiary/aromatic N) is 4. The van der Waals surface area contributed by atoms with Crippen LogP contribution in [0.4, 0.5) is 10.2 Å². The number of alkyl halides is 1. The Morgan fingerprint density at radius 1 is 1.09 bits per heavy atom. The van der Waals surface area contributed by atoms with Crippen LogP contribution in [0.2, 0.25) is 0 Å². The van der Waals surface area contributed by atoms with Crippen LogP contribution in [0.3, 0.4) is 0 Å². The lowest BCUT2D eigenvalue weighted by Gasteiger charge is -2.22. The van der Waals surface area contributed by atoms with Gasteiger partial charge < -0.3 is 34.2 Å². The second-order valence-corrected chi connectivity index (χ2v) is 14.6. The van der Waals surface area contributed by atoms with Crippen LogP contribution in [0.5, 0.6) is 0 Å². The normalized spacial score (nSPS) is 24.9. The second kappa shape index (κ2) is 14.8. The molecule has 0 bridgehead atoms. The lowest BCUT2D eigenvalue weighted by molar-refractivity contribution is -0.149. The predicted octanol–water partition coefficient (Wildman–Crippen LogP) is 3.53. The highest BCUT2D eigenvalue weighted by atomic mass is 32.2. The number of ether oxygens (including phenoxy) is 3. The van der Waals surface area contributed by atoms with E-state index in [2.05, 4.69) is 24.6 Å². The fraction of sp³-hybridized carbons (Fsp3) is 0.542. The van der Waals surface area contributed by atoms with Gasteiger partial charge in [0.15, 0.2) is 34.7 Å². The molecule has 2 saturated heterocycles. The fourth-order valence-electron chi connectivity index (χ4n) is 4.75. The van der Waals surface area contributed by atoms with Crippen molar-refractivity contribution in [1.29, 1.82) is 0 Å². The Morgan fingerprint density at radius 3 is 2.59 bits per heavy atom. The minimum absolute atomic E-state index is 0.339. The van der Waals surface area contributed by atoms with Gasteiger partial charge in [-0.05, 0) is 18.2 Å². The Morgan fingerprint density at radius 2 is 1.86 bits per heavy atom. The molecule has 3 aromatic rings. The van der Waals surface area contributed by atoms with Crippen LogP contribution in [0.15, 0.2) is 41.8 Å². The average Bonchev–Trinajstić information content (AvgIpc) is 3.65. The number of halogens is 1. The SMILES string of the molecule is CSCCNc1nc(SCCCF)nc2c1ncn2[C@@H]1O[C@H](COP(=O)(O)OP(=O)(O)O)[C@H]2OC(Cc3ccccc3)O[C@H]21. The molecule has 2 aliphatic rings. The van der Waals surface area contributed by atoms with Crippen LogP contribution in [0, 0.1) is 0 Å². The third-order valence-electron chi connectivity index (χ3n) is 6.54. The number of anilines is 1. The molecule has 0 radical (unpaired) electrons. The molecular formula is C24H32FN5O10P2S2. The number of hydrogen-bond acceptors (Lipinski definition) is 13. The maximum atomic E-state index is 12.8. The Bertz CT molecular complexity index is 1500. The third kappa shape index (κ3) is 8.57. The molecule has 4 heterocycles. The summed E-state index contributed by atoms with van der Waals surface area (Å²) in [5.74, 6) is 1.80. The molecular weight excluding hydrogens is 663 g/mol. The number of rotatable bonds is 16. The third-order valence-corrected chi connectivity index (χ3v) is 10.2. The number of thioether (sulfide) groups is 2. The number of fused-ring (bicyclic) bond motifs is 2. The van der Waals surface area contributed by atoms with Gasteiger partial charge >= 0.3 is 15.6 Å². The maximum Gasteiger partial charge on any atom is 0.481 e. The molecule has 2 aromatic heterocycles. The molecule has 4 N–H and O–H groups in total. The first-order valence-corrected chi connectivity index (χ1v) is 18.9. The van der Waals surface area contributed by atoms with E-state index < -0.39 is 59.8 Å². The Balaban J connectivity index is 1.44. The minimum Gasteiger partial charge on any atom is -0.367 e. The van der Waals surface area contributed by atoms with Crippen molar-refractivity contribution in [3.8, 4) is 0 Å². The molecule has 2 fully saturated rings. The van der Waals surface area contributed by atoms with E-state index >= 15 is 0 Å². The number of hydrogen-bond donors (Lipinski definition) is 4. The van der Waals surface area contributed by atoms with E-state index in [0.29, 0.717) is 47.3 Å². The summed E-state index contributed by atoms with van der Waals surface area (Å²) in [6.07, 6.45) is 0.0886. The lowest BCUT2D eigenvalue weighted by Crippen LogP contribution is -2.31. The summed E-state index contributed by atoms with van der Waals surface area (Å²) in [6, 6.07) is 9.51. The van der Waals surface area contributed by atoms with Gasteiger partial charge in [0, 0.05) is 24.5 Å². The van der Waals surface area contributed by atoms with E-state index in [1.807, 2.05) is 36.6 Å². The summed E-state index contributed by atoms with van der Waals surface area (Å²) in [7, 11) is -10.5. The topological polar surface area (TPSA) is 197 Å². The molecule has 0 spiro atoms. The lowest BCUT2D eigenvalue weighted by atomic mass is 10.1. The van der Waals surface area contributed by atoms with Crippen molar-refractivity contribution in [1.82, 2.24) is 19.5 Å². The summed E-state index contributed by atoms with van der Waals surface area (Å²) >= 11 is 2.97.